The average molecular weight is 301 g/mol. The number of hydrogen-bond donors (Lipinski definition) is 2. The molecule has 0 atom stereocenters. The van der Waals surface area contributed by atoms with E-state index in [4.69, 9.17) is 11.5 Å². The Balaban J connectivity index is 2.06. The molecule has 2 aromatic rings. The smallest absolute Gasteiger partial charge is 0.199 e. The Hall–Kier alpha value is -2.90. The Labute approximate surface area is 128 Å². The molecule has 1 aromatic heterocycles. The van der Waals surface area contributed by atoms with Gasteiger partial charge in [-0.1, -0.05) is 12.1 Å². The Morgan fingerprint density at radius 2 is 1.91 bits per heavy atom. The Morgan fingerprint density at radius 1 is 1.23 bits per heavy atom. The van der Waals surface area contributed by atoms with Crippen molar-refractivity contribution >= 4 is 23.6 Å². The second kappa shape index (κ2) is 7.21. The summed E-state index contributed by atoms with van der Waals surface area (Å²) >= 11 is 0. The third kappa shape index (κ3) is 3.60. The van der Waals surface area contributed by atoms with Gasteiger partial charge in [0.15, 0.2) is 17.3 Å². The number of benzene rings is 1. The quantitative estimate of drug-likeness (QED) is 0.470. The second-order valence-corrected chi connectivity index (χ2v) is 4.49. The van der Waals surface area contributed by atoms with E-state index in [0.717, 1.165) is 18.7 Å². The van der Waals surface area contributed by atoms with Crippen molar-refractivity contribution in [2.45, 2.75) is 13.8 Å². The van der Waals surface area contributed by atoms with Gasteiger partial charge in [-0.2, -0.15) is 5.10 Å². The molecular formula is C14H19N7O. The summed E-state index contributed by atoms with van der Waals surface area (Å²) in [5.41, 5.74) is 13.5. The molecule has 0 bridgehead atoms. The van der Waals surface area contributed by atoms with Gasteiger partial charge in [-0.25, -0.2) is 4.63 Å². The Bertz CT molecular complexity index is 656. The molecule has 0 aliphatic rings. The number of rotatable bonds is 6. The molecule has 116 valence electrons. The number of aromatic nitrogens is 2. The zero-order valence-corrected chi connectivity index (χ0v) is 12.6. The van der Waals surface area contributed by atoms with Gasteiger partial charge in [0.25, 0.3) is 0 Å². The summed E-state index contributed by atoms with van der Waals surface area (Å²) in [5, 5.41) is 14.7. The van der Waals surface area contributed by atoms with Gasteiger partial charge in [0, 0.05) is 18.8 Å². The van der Waals surface area contributed by atoms with Crippen molar-refractivity contribution in [3.8, 4) is 0 Å². The average Bonchev–Trinajstić information content (AvgIpc) is 2.96. The van der Waals surface area contributed by atoms with Gasteiger partial charge in [-0.3, -0.25) is 0 Å². The van der Waals surface area contributed by atoms with Crippen LogP contribution >= 0.6 is 0 Å². The minimum atomic E-state index is 0.0507. The van der Waals surface area contributed by atoms with Crippen molar-refractivity contribution in [1.82, 2.24) is 10.3 Å². The van der Waals surface area contributed by atoms with Gasteiger partial charge in [0.05, 0.1) is 6.21 Å². The van der Waals surface area contributed by atoms with E-state index in [9.17, 15) is 0 Å². The van der Waals surface area contributed by atoms with E-state index in [-0.39, 0.29) is 17.3 Å². The van der Waals surface area contributed by atoms with Gasteiger partial charge in [0.1, 0.15) is 0 Å². The first-order chi connectivity index (χ1) is 10.7. The number of amidine groups is 1. The summed E-state index contributed by atoms with van der Waals surface area (Å²) < 4.78 is 4.45. The number of nitrogen functional groups attached to an aromatic ring is 1. The summed E-state index contributed by atoms with van der Waals surface area (Å²) in [5.74, 6) is 0.134. The van der Waals surface area contributed by atoms with E-state index in [0.29, 0.717) is 0 Å². The third-order valence-corrected chi connectivity index (χ3v) is 3.15. The molecule has 0 aliphatic carbocycles. The van der Waals surface area contributed by atoms with E-state index < -0.39 is 0 Å². The monoisotopic (exact) mass is 301 g/mol. The summed E-state index contributed by atoms with van der Waals surface area (Å²) in [6.45, 7) is 6.19. The molecular weight excluding hydrogens is 282 g/mol. The van der Waals surface area contributed by atoms with Crippen LogP contribution in [0.1, 0.15) is 25.1 Å². The van der Waals surface area contributed by atoms with Gasteiger partial charge in [-0.05, 0) is 41.9 Å². The van der Waals surface area contributed by atoms with Crippen LogP contribution in [0.5, 0.6) is 0 Å². The van der Waals surface area contributed by atoms with Crippen LogP contribution in [0.25, 0.3) is 0 Å². The maximum Gasteiger partial charge on any atom is 0.199 e. The van der Waals surface area contributed by atoms with E-state index >= 15 is 0 Å². The molecule has 0 fully saturated rings. The highest BCUT2D eigenvalue weighted by Crippen LogP contribution is 2.14. The highest BCUT2D eigenvalue weighted by molar-refractivity contribution is 5.99. The standard InChI is InChI=1S/C14H19N7O/c1-3-21(4-2)11-7-5-10(6-8-11)9-17-18-13(15)12-14(16)20-22-19-12/h5-9H,3-4H2,1-2H3,(H2,15,18)(H2,16,20)/b17-9+. The minimum absolute atomic E-state index is 0.0507. The van der Waals surface area contributed by atoms with Crippen molar-refractivity contribution < 1.29 is 4.63 Å². The maximum atomic E-state index is 5.69. The second-order valence-electron chi connectivity index (χ2n) is 4.49. The van der Waals surface area contributed by atoms with Crippen molar-refractivity contribution in [3.05, 3.63) is 35.5 Å². The number of nitrogens with zero attached hydrogens (tertiary/aromatic N) is 5. The highest BCUT2D eigenvalue weighted by atomic mass is 16.6. The number of anilines is 2. The van der Waals surface area contributed by atoms with Gasteiger partial charge in [-0.15, -0.1) is 5.10 Å². The molecule has 1 heterocycles. The largest absolute Gasteiger partial charge is 0.380 e. The Morgan fingerprint density at radius 3 is 2.45 bits per heavy atom. The lowest BCUT2D eigenvalue weighted by molar-refractivity contribution is 0.308. The topological polar surface area (TPSA) is 119 Å². The molecule has 1 aromatic carbocycles. The number of nitrogens with two attached hydrogens (primary N) is 2. The third-order valence-electron chi connectivity index (χ3n) is 3.15. The maximum absolute atomic E-state index is 5.69. The van der Waals surface area contributed by atoms with Crippen LogP contribution in [-0.2, 0) is 0 Å². The van der Waals surface area contributed by atoms with Crippen LogP contribution < -0.4 is 16.4 Å². The SMILES string of the molecule is CCN(CC)c1ccc(/C=N/N=C(\N)c2nonc2N)cc1. The van der Waals surface area contributed by atoms with E-state index in [1.54, 1.807) is 6.21 Å². The van der Waals surface area contributed by atoms with Crippen molar-refractivity contribution in [2.24, 2.45) is 15.9 Å². The lowest BCUT2D eigenvalue weighted by Gasteiger charge is -2.20. The summed E-state index contributed by atoms with van der Waals surface area (Å²) in [7, 11) is 0. The first kappa shape index (κ1) is 15.5. The molecule has 0 amide bonds. The number of hydrogen-bond acceptors (Lipinski definition) is 7. The molecule has 2 rings (SSSR count). The van der Waals surface area contributed by atoms with Gasteiger partial charge < -0.3 is 16.4 Å². The van der Waals surface area contributed by atoms with Crippen LogP contribution in [-0.4, -0.2) is 35.5 Å². The molecule has 0 unspecified atom stereocenters. The van der Waals surface area contributed by atoms with Gasteiger partial charge >= 0.3 is 0 Å². The van der Waals surface area contributed by atoms with Crippen LogP contribution in [0, 0.1) is 0 Å². The lowest BCUT2D eigenvalue weighted by atomic mass is 10.2. The highest BCUT2D eigenvalue weighted by Gasteiger charge is 2.09. The van der Waals surface area contributed by atoms with Crippen molar-refractivity contribution in [3.63, 3.8) is 0 Å². The van der Waals surface area contributed by atoms with Crippen molar-refractivity contribution in [2.75, 3.05) is 23.7 Å². The normalized spacial score (nSPS) is 12.0. The van der Waals surface area contributed by atoms with Crippen LogP contribution in [0.4, 0.5) is 11.5 Å². The predicted molar refractivity (Wildman–Crippen MR) is 87.0 cm³/mol. The molecule has 4 N–H and O–H groups in total. The van der Waals surface area contributed by atoms with Gasteiger partial charge in [0.2, 0.25) is 0 Å². The van der Waals surface area contributed by atoms with E-state index in [2.05, 4.69) is 43.9 Å². The lowest BCUT2D eigenvalue weighted by Crippen LogP contribution is -2.21. The molecule has 0 aliphatic heterocycles. The molecule has 0 saturated carbocycles. The molecule has 8 heteroatoms. The fraction of sp³-hybridized carbons (Fsp3) is 0.286. The van der Waals surface area contributed by atoms with E-state index in [1.165, 1.54) is 5.69 Å². The van der Waals surface area contributed by atoms with Crippen molar-refractivity contribution in [1.29, 1.82) is 0 Å². The Kier molecular flexibility index (Phi) is 5.07. The summed E-state index contributed by atoms with van der Waals surface area (Å²) in [4.78, 5) is 2.26. The minimum Gasteiger partial charge on any atom is -0.380 e. The summed E-state index contributed by atoms with van der Waals surface area (Å²) in [6, 6.07) is 8.02. The fourth-order valence-electron chi connectivity index (χ4n) is 1.94. The van der Waals surface area contributed by atoms with Crippen LogP contribution in [0.2, 0.25) is 0 Å². The van der Waals surface area contributed by atoms with Crippen LogP contribution in [0.15, 0.2) is 39.1 Å². The molecule has 0 saturated heterocycles. The molecule has 8 nitrogen and oxygen atoms in total. The predicted octanol–water partition coefficient (Wildman–Crippen LogP) is 1.24. The molecule has 0 spiro atoms. The summed E-state index contributed by atoms with van der Waals surface area (Å²) in [6.07, 6.45) is 1.60. The molecule has 0 radical (unpaired) electrons. The zero-order valence-electron chi connectivity index (χ0n) is 12.6. The fourth-order valence-corrected chi connectivity index (χ4v) is 1.94. The molecule has 22 heavy (non-hydrogen) atoms. The zero-order chi connectivity index (χ0) is 15.9. The van der Waals surface area contributed by atoms with E-state index in [1.807, 2.05) is 24.3 Å². The first-order valence-corrected chi connectivity index (χ1v) is 6.95. The first-order valence-electron chi connectivity index (χ1n) is 6.95. The van der Waals surface area contributed by atoms with Crippen LogP contribution in [0.3, 0.4) is 0 Å².